The molecule has 0 saturated carbocycles. The summed E-state index contributed by atoms with van der Waals surface area (Å²) in [4.78, 5) is 11.9. The van der Waals surface area contributed by atoms with Crippen LogP contribution in [0.5, 0.6) is 11.5 Å². The fourth-order valence-electron chi connectivity index (χ4n) is 3.47. The van der Waals surface area contributed by atoms with Crippen molar-refractivity contribution in [3.8, 4) is 11.5 Å². The molecule has 2 atom stereocenters. The maximum Gasteiger partial charge on any atom is 0.342 e. The number of rotatable bonds is 6. The molecule has 0 bridgehead atoms. The number of nitrogens with one attached hydrogen (secondary N) is 2. The standard InChI is InChI=1S/C18H20FN3O7S2/c1-30(25,26)22(11-10-20-12-17(22)18(23)21-24)31(27,28)16-8-6-15(7-9-16)29-14-4-2-13(19)3-5-14/h2-9,17,20H,10-12H2,1H3,(H-,21,23,24)/p+1/t17?,22-/m0/s1. The van der Waals surface area contributed by atoms with Gasteiger partial charge in [-0.15, -0.1) is 0 Å². The minimum absolute atomic E-state index is 0.0211. The summed E-state index contributed by atoms with van der Waals surface area (Å²) in [6.07, 6.45) is 0.736. The molecule has 1 aliphatic rings. The molecule has 2 aromatic carbocycles. The molecule has 0 aromatic heterocycles. The number of benzene rings is 2. The molecule has 1 heterocycles. The molecule has 0 spiro atoms. The molecule has 1 unspecified atom stereocenters. The van der Waals surface area contributed by atoms with E-state index in [1.807, 2.05) is 0 Å². The van der Waals surface area contributed by atoms with Crippen molar-refractivity contribution in [2.75, 3.05) is 25.9 Å². The first-order chi connectivity index (χ1) is 14.5. The summed E-state index contributed by atoms with van der Waals surface area (Å²) >= 11 is 0. The predicted molar refractivity (Wildman–Crippen MR) is 107 cm³/mol. The quantitative estimate of drug-likeness (QED) is 0.314. The molecule has 1 saturated heterocycles. The Hall–Kier alpha value is -2.58. The lowest BCUT2D eigenvalue weighted by atomic mass is 10.2. The molecule has 1 aliphatic heterocycles. The summed E-state index contributed by atoms with van der Waals surface area (Å²) in [5, 5.41) is 11.8. The SMILES string of the molecule is CS(=O)(=O)[N@+]1(S(=O)(=O)c2ccc(Oc3ccc(F)cc3)cc2)CCNCC1C(=O)NO. The van der Waals surface area contributed by atoms with E-state index in [1.165, 1.54) is 41.9 Å². The predicted octanol–water partition coefficient (Wildman–Crippen LogP) is 0.560. The van der Waals surface area contributed by atoms with E-state index in [1.54, 1.807) is 0 Å². The van der Waals surface area contributed by atoms with Gasteiger partial charge in [0, 0.05) is 6.54 Å². The van der Waals surface area contributed by atoms with E-state index >= 15 is 0 Å². The third-order valence-electron chi connectivity index (χ3n) is 4.96. The Morgan fingerprint density at radius 1 is 1.10 bits per heavy atom. The highest BCUT2D eigenvalue weighted by Gasteiger charge is 2.61. The van der Waals surface area contributed by atoms with E-state index in [4.69, 9.17) is 9.94 Å². The summed E-state index contributed by atoms with van der Waals surface area (Å²) in [5.41, 5.74) is 1.36. The summed E-state index contributed by atoms with van der Waals surface area (Å²) < 4.78 is 69.5. The third kappa shape index (κ3) is 4.14. The first-order valence-corrected chi connectivity index (χ1v) is 12.3. The van der Waals surface area contributed by atoms with Crippen LogP contribution in [0, 0.1) is 5.82 Å². The Morgan fingerprint density at radius 3 is 2.16 bits per heavy atom. The number of sulfonamides is 2. The fourth-order valence-corrected chi connectivity index (χ4v) is 7.89. The van der Waals surface area contributed by atoms with Crippen molar-refractivity contribution in [3.05, 3.63) is 54.3 Å². The van der Waals surface area contributed by atoms with E-state index in [0.717, 1.165) is 18.4 Å². The number of quaternary nitrogens is 1. The maximum absolute atomic E-state index is 13.5. The molecule has 0 radical (unpaired) electrons. The Labute approximate surface area is 178 Å². The monoisotopic (exact) mass is 474 g/mol. The molecular weight excluding hydrogens is 453 g/mol. The molecule has 0 aliphatic carbocycles. The van der Waals surface area contributed by atoms with Crippen molar-refractivity contribution >= 4 is 26.0 Å². The summed E-state index contributed by atoms with van der Waals surface area (Å²) in [5.74, 6) is -1.03. The first kappa shape index (κ1) is 23.1. The number of carbonyl (C=O) groups excluding carboxylic acids is 1. The van der Waals surface area contributed by atoms with Crippen LogP contribution in [0.1, 0.15) is 0 Å². The number of hydroxylamine groups is 1. The summed E-state index contributed by atoms with van der Waals surface area (Å²) in [7, 11) is -9.04. The van der Waals surface area contributed by atoms with E-state index in [2.05, 4.69) is 5.32 Å². The van der Waals surface area contributed by atoms with E-state index < -0.39 is 47.7 Å². The number of halogens is 1. The zero-order valence-corrected chi connectivity index (χ0v) is 18.0. The van der Waals surface area contributed by atoms with Crippen molar-refractivity contribution in [1.82, 2.24) is 10.8 Å². The van der Waals surface area contributed by atoms with E-state index in [-0.39, 0.29) is 23.7 Å². The molecule has 1 fully saturated rings. The number of hydrogen-bond donors (Lipinski definition) is 3. The number of hydrogen-bond acceptors (Lipinski definition) is 8. The number of nitrogens with zero attached hydrogens (tertiary/aromatic N) is 1. The van der Waals surface area contributed by atoms with Gasteiger partial charge in [0.1, 0.15) is 28.8 Å². The topological polar surface area (TPSA) is 139 Å². The van der Waals surface area contributed by atoms with Crippen LogP contribution in [-0.4, -0.2) is 63.2 Å². The molecular formula is C18H21FN3O7S2+. The highest BCUT2D eigenvalue weighted by molar-refractivity contribution is 7.98. The molecule has 168 valence electrons. The lowest BCUT2D eigenvalue weighted by Gasteiger charge is -2.41. The van der Waals surface area contributed by atoms with Crippen LogP contribution in [0.25, 0.3) is 0 Å². The first-order valence-electron chi connectivity index (χ1n) is 9.04. The van der Waals surface area contributed by atoms with Crippen LogP contribution in [0.3, 0.4) is 0 Å². The van der Waals surface area contributed by atoms with Crippen molar-refractivity contribution in [3.63, 3.8) is 0 Å². The fraction of sp³-hybridized carbons (Fsp3) is 0.278. The van der Waals surface area contributed by atoms with E-state index in [9.17, 15) is 26.0 Å². The molecule has 10 nitrogen and oxygen atoms in total. The summed E-state index contributed by atoms with van der Waals surface area (Å²) in [6.45, 7) is -0.690. The van der Waals surface area contributed by atoms with Crippen molar-refractivity contribution in [1.29, 1.82) is 0 Å². The third-order valence-corrected chi connectivity index (χ3v) is 10.0. The van der Waals surface area contributed by atoms with Crippen LogP contribution < -0.4 is 15.5 Å². The minimum atomic E-state index is -4.65. The average Bonchev–Trinajstić information content (AvgIpc) is 2.74. The highest BCUT2D eigenvalue weighted by atomic mass is 32.3. The Bertz CT molecular complexity index is 1170. The lowest BCUT2D eigenvalue weighted by Crippen LogP contribution is -2.72. The second-order valence-electron chi connectivity index (χ2n) is 6.88. The van der Waals surface area contributed by atoms with E-state index in [0.29, 0.717) is 5.75 Å². The van der Waals surface area contributed by atoms with Crippen LogP contribution in [0.15, 0.2) is 53.4 Å². The number of amides is 1. The molecule has 3 N–H and O–H groups in total. The number of carbonyl (C=O) groups is 1. The Balaban J connectivity index is 2.02. The van der Waals surface area contributed by atoms with Crippen LogP contribution in [-0.2, 0) is 24.8 Å². The lowest BCUT2D eigenvalue weighted by molar-refractivity contribution is -0.697. The van der Waals surface area contributed by atoms with Gasteiger partial charge in [0.05, 0.1) is 12.8 Å². The summed E-state index contributed by atoms with van der Waals surface area (Å²) in [6, 6.07) is 8.51. The Kier molecular flexibility index (Phi) is 6.34. The second-order valence-corrected chi connectivity index (χ2v) is 11.3. The van der Waals surface area contributed by atoms with Crippen molar-refractivity contribution in [2.24, 2.45) is 0 Å². The molecule has 3 rings (SSSR count). The van der Waals surface area contributed by atoms with Gasteiger partial charge in [-0.25, -0.2) is 9.87 Å². The van der Waals surface area contributed by atoms with Gasteiger partial charge in [-0.3, -0.25) is 10.0 Å². The smallest absolute Gasteiger partial charge is 0.342 e. The molecule has 1 amide bonds. The highest BCUT2D eigenvalue weighted by Crippen LogP contribution is 2.34. The van der Waals surface area contributed by atoms with Gasteiger partial charge in [0.25, 0.3) is 0 Å². The van der Waals surface area contributed by atoms with Gasteiger partial charge < -0.3 is 10.1 Å². The average molecular weight is 475 g/mol. The van der Waals surface area contributed by atoms with Gasteiger partial charge >= 0.3 is 26.0 Å². The largest absolute Gasteiger partial charge is 0.457 e. The molecule has 13 heteroatoms. The second kappa shape index (κ2) is 8.51. The number of ether oxygens (including phenoxy) is 1. The van der Waals surface area contributed by atoms with Gasteiger partial charge in [0.2, 0.25) is 6.04 Å². The van der Waals surface area contributed by atoms with Crippen molar-refractivity contribution in [2.45, 2.75) is 10.9 Å². The normalized spacial score (nSPS) is 22.0. The zero-order chi connectivity index (χ0) is 22.9. The zero-order valence-electron chi connectivity index (χ0n) is 16.4. The van der Waals surface area contributed by atoms with Gasteiger partial charge in [0.15, 0.2) is 0 Å². The minimum Gasteiger partial charge on any atom is -0.457 e. The number of piperazine rings is 1. The van der Waals surface area contributed by atoms with Crippen molar-refractivity contribution < 1.29 is 39.3 Å². The molecule has 2 aromatic rings. The van der Waals surface area contributed by atoms with Gasteiger partial charge in [-0.05, 0) is 48.5 Å². The maximum atomic E-state index is 13.5. The Morgan fingerprint density at radius 2 is 1.65 bits per heavy atom. The molecule has 31 heavy (non-hydrogen) atoms. The van der Waals surface area contributed by atoms with Crippen LogP contribution in [0.4, 0.5) is 4.39 Å². The van der Waals surface area contributed by atoms with Gasteiger partial charge in [-0.1, -0.05) is 3.29 Å². The van der Waals surface area contributed by atoms with Crippen LogP contribution in [0.2, 0.25) is 0 Å². The van der Waals surface area contributed by atoms with Crippen LogP contribution >= 0.6 is 0 Å². The van der Waals surface area contributed by atoms with Gasteiger partial charge in [-0.2, -0.15) is 16.8 Å².